The van der Waals surface area contributed by atoms with Gasteiger partial charge in [0.25, 0.3) is 0 Å². The third-order valence-corrected chi connectivity index (χ3v) is 3.47. The van der Waals surface area contributed by atoms with Crippen molar-refractivity contribution in [2.45, 2.75) is 19.9 Å². The van der Waals surface area contributed by atoms with E-state index in [9.17, 15) is 0 Å². The van der Waals surface area contributed by atoms with Crippen LogP contribution < -0.4 is 15.4 Å². The topological polar surface area (TPSA) is 58.5 Å². The number of hydrogen-bond acceptors (Lipinski definition) is 3. The van der Waals surface area contributed by atoms with E-state index in [0.29, 0.717) is 6.54 Å². The molecule has 5 nitrogen and oxygen atoms in total. The molecule has 2 aromatic rings. The van der Waals surface area contributed by atoms with E-state index < -0.39 is 0 Å². The van der Waals surface area contributed by atoms with Gasteiger partial charge in [-0.05, 0) is 43.2 Å². The zero-order chi connectivity index (χ0) is 16.5. The van der Waals surface area contributed by atoms with Gasteiger partial charge >= 0.3 is 0 Å². The van der Waals surface area contributed by atoms with Gasteiger partial charge in [-0.25, -0.2) is 0 Å². The third-order valence-electron chi connectivity index (χ3n) is 3.47. The van der Waals surface area contributed by atoms with Crippen LogP contribution in [0.4, 0.5) is 0 Å². The molecule has 6 heteroatoms. The average Bonchev–Trinajstić information content (AvgIpc) is 2.58. The first-order chi connectivity index (χ1) is 11.2. The van der Waals surface area contributed by atoms with Crippen LogP contribution in [0.2, 0.25) is 0 Å². The molecule has 2 rings (SSSR count). The number of nitrogens with one attached hydrogen (secondary N) is 2. The summed E-state index contributed by atoms with van der Waals surface area (Å²) in [4.78, 5) is 8.70. The molecule has 0 spiro atoms. The van der Waals surface area contributed by atoms with Gasteiger partial charge in [0.2, 0.25) is 0 Å². The molecule has 1 heterocycles. The minimum Gasteiger partial charge on any atom is -0.497 e. The Kier molecular flexibility index (Phi) is 9.14. The predicted molar refractivity (Wildman–Crippen MR) is 109 cm³/mol. The van der Waals surface area contributed by atoms with E-state index in [0.717, 1.165) is 36.1 Å². The van der Waals surface area contributed by atoms with Crippen molar-refractivity contribution in [1.29, 1.82) is 0 Å². The van der Waals surface area contributed by atoms with Crippen molar-refractivity contribution in [3.63, 3.8) is 0 Å². The monoisotopic (exact) mass is 440 g/mol. The summed E-state index contributed by atoms with van der Waals surface area (Å²) in [6.07, 6.45) is 0.924. The van der Waals surface area contributed by atoms with Crippen LogP contribution in [0.5, 0.6) is 5.75 Å². The molecule has 0 fully saturated rings. The van der Waals surface area contributed by atoms with Crippen LogP contribution in [0, 0.1) is 6.92 Å². The number of methoxy groups -OCH3 is 1. The van der Waals surface area contributed by atoms with Gasteiger partial charge in [-0.2, -0.15) is 0 Å². The van der Waals surface area contributed by atoms with Crippen LogP contribution in [0.1, 0.15) is 17.0 Å². The molecule has 1 aromatic heterocycles. The predicted octanol–water partition coefficient (Wildman–Crippen LogP) is 2.92. The number of halogens is 1. The highest BCUT2D eigenvalue weighted by Gasteiger charge is 2.00. The Balaban J connectivity index is 0.00000288. The van der Waals surface area contributed by atoms with Crippen LogP contribution in [-0.4, -0.2) is 31.6 Å². The number of benzene rings is 1. The molecule has 0 amide bonds. The minimum atomic E-state index is 0. The van der Waals surface area contributed by atoms with Crippen LogP contribution in [-0.2, 0) is 13.0 Å². The van der Waals surface area contributed by atoms with Gasteiger partial charge in [-0.1, -0.05) is 18.2 Å². The van der Waals surface area contributed by atoms with Crippen molar-refractivity contribution < 1.29 is 4.74 Å². The number of rotatable bonds is 6. The lowest BCUT2D eigenvalue weighted by atomic mass is 10.1. The van der Waals surface area contributed by atoms with Gasteiger partial charge in [0.05, 0.1) is 19.3 Å². The molecular weight excluding hydrogens is 415 g/mol. The maximum atomic E-state index is 5.16. The van der Waals surface area contributed by atoms with Gasteiger partial charge < -0.3 is 15.4 Å². The smallest absolute Gasteiger partial charge is 0.191 e. The number of guanidine groups is 1. The lowest BCUT2D eigenvalue weighted by Gasteiger charge is -2.12. The molecule has 0 aliphatic heterocycles. The highest BCUT2D eigenvalue weighted by atomic mass is 127. The first-order valence-electron chi connectivity index (χ1n) is 7.71. The summed E-state index contributed by atoms with van der Waals surface area (Å²) < 4.78 is 5.16. The summed E-state index contributed by atoms with van der Waals surface area (Å²) in [6.45, 7) is 3.46. The first-order valence-corrected chi connectivity index (χ1v) is 7.71. The number of aryl methyl sites for hydroxylation is 1. The van der Waals surface area contributed by atoms with Crippen molar-refractivity contribution in [2.75, 3.05) is 20.7 Å². The van der Waals surface area contributed by atoms with Crippen molar-refractivity contribution in [1.82, 2.24) is 15.6 Å². The van der Waals surface area contributed by atoms with E-state index in [2.05, 4.69) is 32.7 Å². The number of pyridine rings is 1. The van der Waals surface area contributed by atoms with Crippen molar-refractivity contribution in [2.24, 2.45) is 4.99 Å². The summed E-state index contributed by atoms with van der Waals surface area (Å²) in [6, 6.07) is 14.1. The normalized spacial score (nSPS) is 10.7. The van der Waals surface area contributed by atoms with Gasteiger partial charge in [0.1, 0.15) is 5.75 Å². The first kappa shape index (κ1) is 20.2. The van der Waals surface area contributed by atoms with Crippen molar-refractivity contribution in [3.05, 3.63) is 59.4 Å². The molecule has 0 radical (unpaired) electrons. The molecule has 24 heavy (non-hydrogen) atoms. The van der Waals surface area contributed by atoms with Gasteiger partial charge in [-0.15, -0.1) is 24.0 Å². The molecule has 1 aromatic carbocycles. The molecule has 0 aliphatic rings. The number of aliphatic imine (C=N–C) groups is 1. The van der Waals surface area contributed by atoms with Crippen LogP contribution in [0.3, 0.4) is 0 Å². The van der Waals surface area contributed by atoms with Crippen LogP contribution >= 0.6 is 24.0 Å². The lowest BCUT2D eigenvalue weighted by molar-refractivity contribution is 0.414. The molecule has 130 valence electrons. The summed E-state index contributed by atoms with van der Waals surface area (Å²) in [7, 11) is 3.45. The standard InChI is InChI=1S/C18H24N4O.HI/c1-14-5-4-6-16(22-14)13-21-18(19-2)20-12-11-15-7-9-17(23-3)10-8-15;/h4-10H,11-13H2,1-3H3,(H2,19,20,21);1H. The highest BCUT2D eigenvalue weighted by Crippen LogP contribution is 2.11. The number of aromatic nitrogens is 1. The molecule has 0 saturated heterocycles. The fourth-order valence-corrected chi connectivity index (χ4v) is 2.21. The number of ether oxygens (including phenoxy) is 1. The van der Waals surface area contributed by atoms with E-state index >= 15 is 0 Å². The molecular formula is C18H25IN4O. The lowest BCUT2D eigenvalue weighted by Crippen LogP contribution is -2.38. The number of nitrogens with zero attached hydrogens (tertiary/aromatic N) is 2. The Morgan fingerprint density at radius 1 is 1.12 bits per heavy atom. The Bertz CT molecular complexity index is 644. The average molecular weight is 440 g/mol. The van der Waals surface area contributed by atoms with Crippen molar-refractivity contribution in [3.8, 4) is 5.75 Å². The molecule has 0 saturated carbocycles. The fraction of sp³-hybridized carbons (Fsp3) is 0.333. The zero-order valence-electron chi connectivity index (χ0n) is 14.4. The highest BCUT2D eigenvalue weighted by molar-refractivity contribution is 14.0. The summed E-state index contributed by atoms with van der Waals surface area (Å²) in [5.41, 5.74) is 3.28. The fourth-order valence-electron chi connectivity index (χ4n) is 2.21. The van der Waals surface area contributed by atoms with Gasteiger partial charge in [0.15, 0.2) is 5.96 Å². The molecule has 0 bridgehead atoms. The second kappa shape index (κ2) is 10.9. The zero-order valence-corrected chi connectivity index (χ0v) is 16.7. The quantitative estimate of drug-likeness (QED) is 0.412. The van der Waals surface area contributed by atoms with Crippen LogP contribution in [0.25, 0.3) is 0 Å². The minimum absolute atomic E-state index is 0. The number of hydrogen-bond donors (Lipinski definition) is 2. The maximum absolute atomic E-state index is 5.16. The molecule has 0 aliphatic carbocycles. The van der Waals surface area contributed by atoms with Gasteiger partial charge in [0, 0.05) is 19.3 Å². The van der Waals surface area contributed by atoms with Crippen LogP contribution in [0.15, 0.2) is 47.5 Å². The Morgan fingerprint density at radius 2 is 1.88 bits per heavy atom. The van der Waals surface area contributed by atoms with Crippen molar-refractivity contribution >= 4 is 29.9 Å². The summed E-state index contributed by atoms with van der Waals surface area (Å²) >= 11 is 0. The maximum Gasteiger partial charge on any atom is 0.191 e. The largest absolute Gasteiger partial charge is 0.497 e. The van der Waals surface area contributed by atoms with E-state index in [1.54, 1.807) is 14.2 Å². The second-order valence-corrected chi connectivity index (χ2v) is 5.22. The Morgan fingerprint density at radius 3 is 2.50 bits per heavy atom. The summed E-state index contributed by atoms with van der Waals surface area (Å²) in [5.74, 6) is 1.66. The Labute approximate surface area is 161 Å². The van der Waals surface area contributed by atoms with E-state index in [-0.39, 0.29) is 24.0 Å². The summed E-state index contributed by atoms with van der Waals surface area (Å²) in [5, 5.41) is 6.59. The Hall–Kier alpha value is -1.83. The SMILES string of the molecule is CN=C(NCCc1ccc(OC)cc1)NCc1cccc(C)n1.I. The molecule has 0 atom stereocenters. The van der Waals surface area contributed by atoms with Gasteiger partial charge in [-0.3, -0.25) is 9.98 Å². The van der Waals surface area contributed by atoms with E-state index in [1.807, 2.05) is 37.3 Å². The molecule has 2 N–H and O–H groups in total. The van der Waals surface area contributed by atoms with E-state index in [4.69, 9.17) is 4.74 Å². The van der Waals surface area contributed by atoms with E-state index in [1.165, 1.54) is 5.56 Å². The molecule has 0 unspecified atom stereocenters. The third kappa shape index (κ3) is 6.74. The second-order valence-electron chi connectivity index (χ2n) is 5.22.